The third kappa shape index (κ3) is 5.96. The van der Waals surface area contributed by atoms with E-state index in [0.29, 0.717) is 25.8 Å². The molecule has 0 bridgehead atoms. The summed E-state index contributed by atoms with van der Waals surface area (Å²) in [7, 11) is 6.90. The summed E-state index contributed by atoms with van der Waals surface area (Å²) in [6.45, 7) is 4.45. The van der Waals surface area contributed by atoms with E-state index in [1.807, 2.05) is 18.2 Å². The molecular formula is C24H33FNO4P. The maximum absolute atomic E-state index is 13.9. The molecule has 170 valence electrons. The third-order valence-electron chi connectivity index (χ3n) is 5.26. The van der Waals surface area contributed by atoms with Gasteiger partial charge in [-0.3, -0.25) is 4.99 Å². The number of nitrogens with zero attached hydrogens (tertiary/aromatic N) is 1. The summed E-state index contributed by atoms with van der Waals surface area (Å²) in [6.07, 6.45) is 4.47. The molecule has 2 aromatic carbocycles. The lowest BCUT2D eigenvalue weighted by atomic mass is 9.89. The Morgan fingerprint density at radius 3 is 2.45 bits per heavy atom. The van der Waals surface area contributed by atoms with Crippen LogP contribution in [0, 0.1) is 5.82 Å². The number of rotatable bonds is 12. The van der Waals surface area contributed by atoms with Crippen LogP contribution in [-0.2, 0) is 9.89 Å². The van der Waals surface area contributed by atoms with Crippen molar-refractivity contribution in [2.45, 2.75) is 38.3 Å². The molecule has 5 nitrogen and oxygen atoms in total. The van der Waals surface area contributed by atoms with Gasteiger partial charge in [-0.25, -0.2) is 4.39 Å². The first-order chi connectivity index (χ1) is 15.0. The van der Waals surface area contributed by atoms with Crippen molar-refractivity contribution in [3.8, 4) is 17.2 Å². The van der Waals surface area contributed by atoms with Crippen LogP contribution in [0.4, 0.5) is 4.39 Å². The van der Waals surface area contributed by atoms with Gasteiger partial charge in [-0.05, 0) is 36.3 Å². The van der Waals surface area contributed by atoms with Gasteiger partial charge in [0.15, 0.2) is 18.3 Å². The van der Waals surface area contributed by atoms with Crippen molar-refractivity contribution in [3.63, 3.8) is 0 Å². The van der Waals surface area contributed by atoms with Crippen molar-refractivity contribution in [1.29, 1.82) is 0 Å². The molecule has 0 saturated heterocycles. The molecule has 0 amide bonds. The first kappa shape index (κ1) is 25.1. The number of aliphatic imine (C=N–C) groups is 1. The Morgan fingerprint density at radius 2 is 1.87 bits per heavy atom. The summed E-state index contributed by atoms with van der Waals surface area (Å²) in [5, 5.41) is 0.801. The van der Waals surface area contributed by atoms with Gasteiger partial charge in [0.05, 0.1) is 14.2 Å². The Bertz CT molecular complexity index is 890. The maximum atomic E-state index is 13.9. The lowest BCUT2D eigenvalue weighted by Crippen LogP contribution is -2.25. The predicted octanol–water partition coefficient (Wildman–Crippen LogP) is 5.28. The molecule has 0 fully saturated rings. The molecule has 0 radical (unpaired) electrons. The van der Waals surface area contributed by atoms with Crippen molar-refractivity contribution >= 4 is 20.1 Å². The van der Waals surface area contributed by atoms with E-state index in [1.165, 1.54) is 12.1 Å². The Balaban J connectivity index is 2.73. The number of halogens is 1. The van der Waals surface area contributed by atoms with E-state index in [9.17, 15) is 4.39 Å². The van der Waals surface area contributed by atoms with Gasteiger partial charge in [0.1, 0.15) is 11.6 Å². The highest BCUT2D eigenvalue weighted by molar-refractivity contribution is 7.48. The average molecular weight is 450 g/mol. The van der Waals surface area contributed by atoms with Gasteiger partial charge in [-0.15, -0.1) is 0 Å². The second-order valence-electron chi connectivity index (χ2n) is 7.19. The lowest BCUT2D eigenvalue weighted by Gasteiger charge is -2.36. The molecular weight excluding hydrogens is 416 g/mol. The standard InChI is InChI=1S/C24H33FNO4P/c1-7-11-24(8-2,31-22-10-9-18(25)12-17(22)15-26-3)20-13-19(28-5)14-21(29-6)23(20)30-16-27-4/h9-10,12-15,31H,7-8,11,16H2,1-6H3. The normalized spacial score (nSPS) is 13.6. The van der Waals surface area contributed by atoms with Gasteiger partial charge in [0, 0.05) is 42.7 Å². The minimum Gasteiger partial charge on any atom is -0.497 e. The molecule has 0 aliphatic rings. The molecule has 0 N–H and O–H groups in total. The number of benzene rings is 2. The maximum Gasteiger partial charge on any atom is 0.188 e. The van der Waals surface area contributed by atoms with Crippen molar-refractivity contribution in [3.05, 3.63) is 47.3 Å². The second kappa shape index (κ2) is 12.0. The molecule has 2 aromatic rings. The first-order valence-electron chi connectivity index (χ1n) is 10.4. The molecule has 31 heavy (non-hydrogen) atoms. The van der Waals surface area contributed by atoms with Gasteiger partial charge in [-0.2, -0.15) is 0 Å². The third-order valence-corrected chi connectivity index (χ3v) is 7.33. The first-order valence-corrected chi connectivity index (χ1v) is 11.4. The van der Waals surface area contributed by atoms with Gasteiger partial charge < -0.3 is 18.9 Å². The molecule has 0 aromatic heterocycles. The second-order valence-corrected chi connectivity index (χ2v) is 8.93. The molecule has 7 heteroatoms. The smallest absolute Gasteiger partial charge is 0.188 e. The van der Waals surface area contributed by atoms with E-state index in [-0.39, 0.29) is 17.8 Å². The minimum atomic E-state index is -0.270. The molecule has 0 saturated carbocycles. The number of hydrogen-bond acceptors (Lipinski definition) is 5. The van der Waals surface area contributed by atoms with Crippen molar-refractivity contribution in [2.75, 3.05) is 35.2 Å². The van der Waals surface area contributed by atoms with E-state index in [0.717, 1.165) is 35.7 Å². The highest BCUT2D eigenvalue weighted by Crippen LogP contribution is 2.54. The lowest BCUT2D eigenvalue weighted by molar-refractivity contribution is 0.0478. The van der Waals surface area contributed by atoms with Crippen LogP contribution in [0.25, 0.3) is 0 Å². The zero-order chi connectivity index (χ0) is 22.9. The van der Waals surface area contributed by atoms with E-state index in [1.54, 1.807) is 34.6 Å². The van der Waals surface area contributed by atoms with Crippen molar-refractivity contribution < 1.29 is 23.3 Å². The van der Waals surface area contributed by atoms with Crippen LogP contribution in [0.5, 0.6) is 17.2 Å². The fourth-order valence-electron chi connectivity index (χ4n) is 3.77. The molecule has 0 spiro atoms. The highest BCUT2D eigenvalue weighted by atomic mass is 31.1. The van der Waals surface area contributed by atoms with Crippen LogP contribution >= 0.6 is 8.58 Å². The van der Waals surface area contributed by atoms with Gasteiger partial charge in [0.2, 0.25) is 0 Å². The Labute approximate surface area is 186 Å². The number of hydrogen-bond donors (Lipinski definition) is 0. The Morgan fingerprint density at radius 1 is 1.10 bits per heavy atom. The molecule has 0 aliphatic heterocycles. The molecule has 0 heterocycles. The summed E-state index contributed by atoms with van der Waals surface area (Å²) in [5.41, 5.74) is 1.80. The molecule has 2 unspecified atom stereocenters. The zero-order valence-electron chi connectivity index (χ0n) is 19.3. The number of methoxy groups -OCH3 is 3. The van der Waals surface area contributed by atoms with Crippen LogP contribution in [0.3, 0.4) is 0 Å². The van der Waals surface area contributed by atoms with E-state index < -0.39 is 0 Å². The van der Waals surface area contributed by atoms with Crippen LogP contribution in [-0.4, -0.2) is 41.4 Å². The average Bonchev–Trinajstić information content (AvgIpc) is 2.78. The Kier molecular flexibility index (Phi) is 9.73. The van der Waals surface area contributed by atoms with E-state index in [4.69, 9.17) is 18.9 Å². The van der Waals surface area contributed by atoms with Crippen LogP contribution in [0.15, 0.2) is 35.3 Å². The largest absolute Gasteiger partial charge is 0.497 e. The summed E-state index contributed by atoms with van der Waals surface area (Å²) in [4.78, 5) is 4.13. The summed E-state index contributed by atoms with van der Waals surface area (Å²) in [5.74, 6) is 1.68. The quantitative estimate of drug-likeness (QED) is 0.251. The van der Waals surface area contributed by atoms with Gasteiger partial charge in [0.25, 0.3) is 0 Å². The summed E-state index contributed by atoms with van der Waals surface area (Å²) < 4.78 is 36.3. The van der Waals surface area contributed by atoms with Gasteiger partial charge >= 0.3 is 0 Å². The van der Waals surface area contributed by atoms with Crippen LogP contribution in [0.1, 0.15) is 44.2 Å². The van der Waals surface area contributed by atoms with E-state index >= 15 is 0 Å². The fourth-order valence-corrected chi connectivity index (χ4v) is 5.60. The van der Waals surface area contributed by atoms with Crippen molar-refractivity contribution in [2.24, 2.45) is 4.99 Å². The SMILES string of the molecule is CCCC(CC)(Pc1ccc(F)cc1C=NC)c1cc(OC)cc(OC)c1OCOC. The molecule has 2 rings (SSSR count). The summed E-state index contributed by atoms with van der Waals surface area (Å²) >= 11 is 0. The fraction of sp³-hybridized carbons (Fsp3) is 0.458. The molecule has 2 atom stereocenters. The van der Waals surface area contributed by atoms with E-state index in [2.05, 4.69) is 18.8 Å². The monoisotopic (exact) mass is 449 g/mol. The van der Waals surface area contributed by atoms with Gasteiger partial charge in [-0.1, -0.05) is 34.9 Å². The highest BCUT2D eigenvalue weighted by Gasteiger charge is 2.35. The zero-order valence-corrected chi connectivity index (χ0v) is 20.3. The van der Waals surface area contributed by atoms with Crippen LogP contribution < -0.4 is 19.5 Å². The minimum absolute atomic E-state index is 0.106. The topological polar surface area (TPSA) is 49.3 Å². The van der Waals surface area contributed by atoms with Crippen LogP contribution in [0.2, 0.25) is 0 Å². The molecule has 0 aliphatic carbocycles. The predicted molar refractivity (Wildman–Crippen MR) is 127 cm³/mol. The summed E-state index contributed by atoms with van der Waals surface area (Å²) in [6, 6.07) is 8.75. The Hall–Kier alpha value is -2.17. The van der Waals surface area contributed by atoms with Crippen molar-refractivity contribution in [1.82, 2.24) is 0 Å². The number of ether oxygens (including phenoxy) is 4.